The number of benzene rings is 1. The second-order valence-electron chi connectivity index (χ2n) is 9.44. The Morgan fingerprint density at radius 3 is 2.00 bits per heavy atom. The van der Waals surface area contributed by atoms with Gasteiger partial charge in [-0.15, -0.1) is 0 Å². The maximum Gasteiger partial charge on any atom is 0.293 e. The third kappa shape index (κ3) is 6.15. The minimum Gasteiger partial charge on any atom is -0.508 e. The second kappa shape index (κ2) is 9.19. The molecule has 0 spiro atoms. The lowest BCUT2D eigenvalue weighted by molar-refractivity contribution is -0.135. The van der Waals surface area contributed by atoms with Crippen molar-refractivity contribution in [3.8, 4) is 11.5 Å². The fraction of sp³-hybridized carbons (Fsp3) is 0.708. The van der Waals surface area contributed by atoms with Crippen LogP contribution in [0.4, 0.5) is 0 Å². The van der Waals surface area contributed by atoms with Crippen molar-refractivity contribution in [2.75, 3.05) is 0 Å². The summed E-state index contributed by atoms with van der Waals surface area (Å²) in [6.45, 7) is 2.96. The molecule has 2 fully saturated rings. The van der Waals surface area contributed by atoms with Crippen LogP contribution in [0.1, 0.15) is 95.1 Å². The highest BCUT2D eigenvalue weighted by Crippen LogP contribution is 2.49. The first-order valence-corrected chi connectivity index (χ1v) is 11.1. The number of carbonyl (C=O) groups is 1. The largest absolute Gasteiger partial charge is 0.508 e. The van der Waals surface area contributed by atoms with Crippen molar-refractivity contribution in [3.63, 3.8) is 0 Å². The maximum absolute atomic E-state index is 10.5. The van der Waals surface area contributed by atoms with E-state index >= 15 is 0 Å². The number of hydrogen-bond acceptors (Lipinski definition) is 4. The summed E-state index contributed by atoms with van der Waals surface area (Å²) in [5, 5.41) is 20.3. The molecule has 156 valence electrons. The van der Waals surface area contributed by atoms with E-state index in [1.54, 1.807) is 0 Å². The smallest absolute Gasteiger partial charge is 0.293 e. The number of aryl methyl sites for hydroxylation is 2. The SMILES string of the molecule is CC1(CCCCCCc2cc(CCCCC3(OC=O)CC3)c(O)cc2O)CC1. The topological polar surface area (TPSA) is 66.8 Å². The van der Waals surface area contributed by atoms with Crippen molar-refractivity contribution in [3.05, 3.63) is 23.3 Å². The zero-order chi connectivity index (χ0) is 20.0. The van der Waals surface area contributed by atoms with Crippen LogP contribution >= 0.6 is 0 Å². The van der Waals surface area contributed by atoms with Crippen LogP contribution in [0.5, 0.6) is 11.5 Å². The summed E-state index contributed by atoms with van der Waals surface area (Å²) in [6.07, 6.45) is 15.5. The first-order chi connectivity index (χ1) is 13.5. The van der Waals surface area contributed by atoms with Crippen molar-refractivity contribution in [1.82, 2.24) is 0 Å². The highest BCUT2D eigenvalue weighted by atomic mass is 16.5. The van der Waals surface area contributed by atoms with Crippen LogP contribution in [0.15, 0.2) is 12.1 Å². The fourth-order valence-electron chi connectivity index (χ4n) is 4.19. The van der Waals surface area contributed by atoms with E-state index in [2.05, 4.69) is 6.92 Å². The zero-order valence-electron chi connectivity index (χ0n) is 17.3. The quantitative estimate of drug-likeness (QED) is 0.312. The standard InChI is InChI=1S/C24H36O4/c1-23(12-13-23)10-6-3-2-4-8-19-16-20(22(27)17-21(19)26)9-5-7-11-24(14-15-24)28-18-25/h16-18,26-27H,2-15H2,1H3. The molecule has 0 heterocycles. The van der Waals surface area contributed by atoms with Gasteiger partial charge in [-0.1, -0.05) is 26.2 Å². The lowest BCUT2D eigenvalue weighted by Crippen LogP contribution is -2.12. The van der Waals surface area contributed by atoms with E-state index in [4.69, 9.17) is 4.74 Å². The molecule has 0 aromatic heterocycles. The summed E-state index contributed by atoms with van der Waals surface area (Å²) in [7, 11) is 0. The van der Waals surface area contributed by atoms with E-state index < -0.39 is 0 Å². The van der Waals surface area contributed by atoms with Crippen molar-refractivity contribution in [2.45, 2.75) is 102 Å². The first kappa shape index (κ1) is 21.0. The Balaban J connectivity index is 1.38. The Hall–Kier alpha value is -1.71. The Morgan fingerprint density at radius 2 is 1.43 bits per heavy atom. The van der Waals surface area contributed by atoms with Crippen LogP contribution < -0.4 is 0 Å². The highest BCUT2D eigenvalue weighted by Gasteiger charge is 2.44. The molecule has 0 aliphatic heterocycles. The average molecular weight is 389 g/mol. The number of hydrogen-bond donors (Lipinski definition) is 2. The average Bonchev–Trinajstić information content (AvgIpc) is 3.57. The molecule has 4 nitrogen and oxygen atoms in total. The van der Waals surface area contributed by atoms with Gasteiger partial charge in [-0.3, -0.25) is 4.79 Å². The Kier molecular flexibility index (Phi) is 6.90. The van der Waals surface area contributed by atoms with Gasteiger partial charge < -0.3 is 14.9 Å². The molecule has 3 rings (SSSR count). The van der Waals surface area contributed by atoms with E-state index in [0.29, 0.717) is 11.9 Å². The molecule has 0 radical (unpaired) electrons. The normalized spacial score (nSPS) is 18.6. The molecule has 2 aliphatic carbocycles. The summed E-state index contributed by atoms with van der Waals surface area (Å²) >= 11 is 0. The molecule has 0 atom stereocenters. The van der Waals surface area contributed by atoms with Crippen LogP contribution in [0.25, 0.3) is 0 Å². The summed E-state index contributed by atoms with van der Waals surface area (Å²) in [5.74, 6) is 0.396. The fourth-order valence-corrected chi connectivity index (χ4v) is 4.19. The van der Waals surface area contributed by atoms with E-state index in [1.165, 1.54) is 44.6 Å². The molecule has 1 aromatic rings. The summed E-state index contributed by atoms with van der Waals surface area (Å²) in [5.41, 5.74) is 2.32. The number of phenolic OH excluding ortho intramolecular Hbond substituents is 2. The summed E-state index contributed by atoms with van der Waals surface area (Å²) in [6, 6.07) is 3.47. The number of phenols is 2. The van der Waals surface area contributed by atoms with Crippen LogP contribution in [0.3, 0.4) is 0 Å². The number of ether oxygens (including phenoxy) is 1. The van der Waals surface area contributed by atoms with Crippen molar-refractivity contribution < 1.29 is 19.7 Å². The lowest BCUT2D eigenvalue weighted by Gasteiger charge is -2.13. The molecular formula is C24H36O4. The van der Waals surface area contributed by atoms with E-state index in [-0.39, 0.29) is 17.1 Å². The number of unbranched alkanes of at least 4 members (excludes halogenated alkanes) is 4. The Bertz CT molecular complexity index is 659. The van der Waals surface area contributed by atoms with Crippen LogP contribution in [0.2, 0.25) is 0 Å². The minimum absolute atomic E-state index is 0.184. The van der Waals surface area contributed by atoms with Crippen molar-refractivity contribution >= 4 is 6.47 Å². The molecule has 0 bridgehead atoms. The number of rotatable bonds is 14. The van der Waals surface area contributed by atoms with Gasteiger partial charge in [0.25, 0.3) is 6.47 Å². The van der Waals surface area contributed by atoms with E-state index in [1.807, 2.05) is 6.07 Å². The summed E-state index contributed by atoms with van der Waals surface area (Å²) < 4.78 is 5.18. The minimum atomic E-state index is -0.194. The Morgan fingerprint density at radius 1 is 0.857 bits per heavy atom. The third-order valence-corrected chi connectivity index (χ3v) is 6.79. The molecule has 2 N–H and O–H groups in total. The van der Waals surface area contributed by atoms with Gasteiger partial charge in [-0.2, -0.15) is 0 Å². The monoisotopic (exact) mass is 388 g/mol. The van der Waals surface area contributed by atoms with Gasteiger partial charge >= 0.3 is 0 Å². The van der Waals surface area contributed by atoms with E-state index in [0.717, 1.165) is 62.5 Å². The van der Waals surface area contributed by atoms with Gasteiger partial charge in [0.05, 0.1) is 0 Å². The Labute approximate surface area is 169 Å². The summed E-state index contributed by atoms with van der Waals surface area (Å²) in [4.78, 5) is 10.5. The second-order valence-corrected chi connectivity index (χ2v) is 9.44. The lowest BCUT2D eigenvalue weighted by atomic mass is 9.97. The number of carbonyl (C=O) groups excluding carboxylic acids is 1. The molecule has 4 heteroatoms. The maximum atomic E-state index is 10.5. The van der Waals surface area contributed by atoms with Gasteiger partial charge in [0, 0.05) is 6.07 Å². The van der Waals surface area contributed by atoms with Gasteiger partial charge in [0.2, 0.25) is 0 Å². The van der Waals surface area contributed by atoms with Crippen LogP contribution in [0, 0.1) is 5.41 Å². The molecule has 0 amide bonds. The third-order valence-electron chi connectivity index (χ3n) is 6.79. The van der Waals surface area contributed by atoms with Crippen LogP contribution in [-0.2, 0) is 22.4 Å². The zero-order valence-corrected chi connectivity index (χ0v) is 17.3. The molecule has 1 aromatic carbocycles. The van der Waals surface area contributed by atoms with Gasteiger partial charge in [0.15, 0.2) is 0 Å². The van der Waals surface area contributed by atoms with Crippen molar-refractivity contribution in [1.29, 1.82) is 0 Å². The van der Waals surface area contributed by atoms with Crippen LogP contribution in [-0.4, -0.2) is 22.3 Å². The van der Waals surface area contributed by atoms with Crippen molar-refractivity contribution in [2.24, 2.45) is 5.41 Å². The van der Waals surface area contributed by atoms with Gasteiger partial charge in [-0.25, -0.2) is 0 Å². The molecule has 0 unspecified atom stereocenters. The molecule has 0 saturated heterocycles. The van der Waals surface area contributed by atoms with Gasteiger partial charge in [-0.05, 0) is 93.2 Å². The number of aromatic hydroxyl groups is 2. The predicted molar refractivity (Wildman–Crippen MR) is 111 cm³/mol. The highest BCUT2D eigenvalue weighted by molar-refractivity contribution is 5.45. The molecular weight excluding hydrogens is 352 g/mol. The molecule has 28 heavy (non-hydrogen) atoms. The van der Waals surface area contributed by atoms with E-state index in [9.17, 15) is 15.0 Å². The first-order valence-electron chi connectivity index (χ1n) is 11.1. The predicted octanol–water partition coefficient (Wildman–Crippen LogP) is 5.81. The molecule has 2 saturated carbocycles. The molecule has 2 aliphatic rings. The van der Waals surface area contributed by atoms with Gasteiger partial charge in [0.1, 0.15) is 17.1 Å².